The first-order valence-corrected chi connectivity index (χ1v) is 8.78. The lowest BCUT2D eigenvalue weighted by Gasteiger charge is -2.27. The summed E-state index contributed by atoms with van der Waals surface area (Å²) in [5.41, 5.74) is 2.81. The van der Waals surface area contributed by atoms with Gasteiger partial charge in [0, 0.05) is 25.2 Å². The average Bonchev–Trinajstić information content (AvgIpc) is 2.68. The van der Waals surface area contributed by atoms with Crippen LogP contribution in [0.5, 0.6) is 5.75 Å². The van der Waals surface area contributed by atoms with E-state index in [0.717, 1.165) is 18.7 Å². The van der Waals surface area contributed by atoms with E-state index in [2.05, 4.69) is 19.1 Å². The lowest BCUT2D eigenvalue weighted by molar-refractivity contribution is 0.121. The summed E-state index contributed by atoms with van der Waals surface area (Å²) in [6.07, 6.45) is 0. The van der Waals surface area contributed by atoms with Crippen molar-refractivity contribution < 1.29 is 13.9 Å². The molecule has 1 saturated heterocycles. The second-order valence-electron chi connectivity index (χ2n) is 6.48. The second-order valence-corrected chi connectivity index (χ2v) is 6.48. The number of aryl methyl sites for hydroxylation is 1. The standard InChI is InChI=1S/C21H21NO4/c1-15-2-4-16(5-3-15)14-25-17-6-7-18-19(23)13-21(26-20(18)12-17)22-8-10-24-11-9-22/h2-7,12-13H,8-11,14H2,1H3. The number of fused-ring (bicyclic) bond motifs is 1. The van der Waals surface area contributed by atoms with Crippen LogP contribution in [0, 0.1) is 6.92 Å². The summed E-state index contributed by atoms with van der Waals surface area (Å²) in [6.45, 7) is 5.25. The fraction of sp³-hybridized carbons (Fsp3) is 0.286. The molecule has 5 nitrogen and oxygen atoms in total. The van der Waals surface area contributed by atoms with Crippen LogP contribution >= 0.6 is 0 Å². The first kappa shape index (κ1) is 16.7. The lowest BCUT2D eigenvalue weighted by Crippen LogP contribution is -2.36. The Hall–Kier alpha value is -2.79. The highest BCUT2D eigenvalue weighted by molar-refractivity contribution is 5.79. The molecule has 1 aliphatic rings. The molecular formula is C21H21NO4. The number of morpholine rings is 1. The van der Waals surface area contributed by atoms with Crippen molar-refractivity contribution in [2.24, 2.45) is 0 Å². The smallest absolute Gasteiger partial charge is 0.200 e. The molecule has 0 bridgehead atoms. The van der Waals surface area contributed by atoms with Gasteiger partial charge in [0.15, 0.2) is 11.3 Å². The first-order chi connectivity index (χ1) is 12.7. The van der Waals surface area contributed by atoms with Gasteiger partial charge in [0.05, 0.1) is 18.6 Å². The van der Waals surface area contributed by atoms with Gasteiger partial charge in [-0.15, -0.1) is 0 Å². The molecule has 0 unspecified atom stereocenters. The predicted octanol–water partition coefficient (Wildman–Crippen LogP) is 3.52. The van der Waals surface area contributed by atoms with E-state index in [4.69, 9.17) is 13.9 Å². The van der Waals surface area contributed by atoms with E-state index >= 15 is 0 Å². The number of rotatable bonds is 4. The van der Waals surface area contributed by atoms with Crippen molar-refractivity contribution in [3.63, 3.8) is 0 Å². The Labute approximate surface area is 151 Å². The van der Waals surface area contributed by atoms with Crippen molar-refractivity contribution in [1.82, 2.24) is 0 Å². The fourth-order valence-electron chi connectivity index (χ4n) is 3.00. The number of hydrogen-bond donors (Lipinski definition) is 0. The maximum Gasteiger partial charge on any atom is 0.200 e. The zero-order chi connectivity index (χ0) is 17.9. The van der Waals surface area contributed by atoms with Crippen molar-refractivity contribution in [2.45, 2.75) is 13.5 Å². The van der Waals surface area contributed by atoms with Gasteiger partial charge >= 0.3 is 0 Å². The largest absolute Gasteiger partial charge is 0.489 e. The van der Waals surface area contributed by atoms with Gasteiger partial charge in [0.25, 0.3) is 0 Å². The number of ether oxygens (including phenoxy) is 2. The molecule has 3 aromatic rings. The Morgan fingerprint density at radius 3 is 2.58 bits per heavy atom. The first-order valence-electron chi connectivity index (χ1n) is 8.78. The fourth-order valence-corrected chi connectivity index (χ4v) is 3.00. The van der Waals surface area contributed by atoms with Crippen molar-refractivity contribution in [1.29, 1.82) is 0 Å². The third kappa shape index (κ3) is 3.58. The molecule has 26 heavy (non-hydrogen) atoms. The van der Waals surface area contributed by atoms with Gasteiger partial charge in [-0.05, 0) is 24.6 Å². The number of hydrogen-bond acceptors (Lipinski definition) is 5. The molecule has 4 rings (SSSR count). The molecule has 5 heteroatoms. The molecule has 1 aromatic heterocycles. The number of benzene rings is 2. The topological polar surface area (TPSA) is 51.9 Å². The molecule has 0 radical (unpaired) electrons. The molecule has 2 aromatic carbocycles. The van der Waals surface area contributed by atoms with Crippen LogP contribution in [0.1, 0.15) is 11.1 Å². The molecule has 0 amide bonds. The van der Waals surface area contributed by atoms with E-state index in [1.165, 1.54) is 5.56 Å². The van der Waals surface area contributed by atoms with Crippen LogP contribution in [0.3, 0.4) is 0 Å². The van der Waals surface area contributed by atoms with Crippen molar-refractivity contribution in [3.8, 4) is 5.75 Å². The van der Waals surface area contributed by atoms with E-state index in [0.29, 0.717) is 42.4 Å². The van der Waals surface area contributed by atoms with Gasteiger partial charge in [-0.1, -0.05) is 29.8 Å². The van der Waals surface area contributed by atoms with Gasteiger partial charge in [-0.2, -0.15) is 0 Å². The highest BCUT2D eigenvalue weighted by atomic mass is 16.5. The van der Waals surface area contributed by atoms with Gasteiger partial charge in [0.2, 0.25) is 0 Å². The predicted molar refractivity (Wildman–Crippen MR) is 101 cm³/mol. The van der Waals surface area contributed by atoms with Crippen molar-refractivity contribution in [2.75, 3.05) is 31.2 Å². The van der Waals surface area contributed by atoms with Crippen LogP contribution in [0.25, 0.3) is 11.0 Å². The monoisotopic (exact) mass is 351 g/mol. The molecular weight excluding hydrogens is 330 g/mol. The van der Waals surface area contributed by atoms with E-state index < -0.39 is 0 Å². The quantitative estimate of drug-likeness (QED) is 0.720. The zero-order valence-corrected chi connectivity index (χ0v) is 14.7. The third-order valence-electron chi connectivity index (χ3n) is 4.54. The highest BCUT2D eigenvalue weighted by Gasteiger charge is 2.15. The van der Waals surface area contributed by atoms with Crippen LogP contribution in [0.15, 0.2) is 57.7 Å². The summed E-state index contributed by atoms with van der Waals surface area (Å²) in [7, 11) is 0. The van der Waals surface area contributed by atoms with Gasteiger partial charge in [-0.3, -0.25) is 4.79 Å². The molecule has 134 valence electrons. The summed E-state index contributed by atoms with van der Waals surface area (Å²) in [4.78, 5) is 14.4. The average molecular weight is 351 g/mol. The molecule has 0 spiro atoms. The van der Waals surface area contributed by atoms with Crippen LogP contribution in [-0.2, 0) is 11.3 Å². The molecule has 0 aliphatic carbocycles. The normalized spacial score (nSPS) is 14.6. The Balaban J connectivity index is 1.58. The molecule has 0 atom stereocenters. The molecule has 0 saturated carbocycles. The summed E-state index contributed by atoms with van der Waals surface area (Å²) in [6, 6.07) is 15.1. The Bertz CT molecular complexity index is 956. The van der Waals surface area contributed by atoms with Crippen molar-refractivity contribution in [3.05, 3.63) is 69.9 Å². The number of anilines is 1. The molecule has 1 fully saturated rings. The van der Waals surface area contributed by atoms with Gasteiger partial charge in [0.1, 0.15) is 17.9 Å². The van der Waals surface area contributed by atoms with E-state index in [1.54, 1.807) is 18.2 Å². The maximum absolute atomic E-state index is 12.4. The van der Waals surface area contributed by atoms with Gasteiger partial charge in [-0.25, -0.2) is 0 Å². The maximum atomic E-state index is 12.4. The van der Waals surface area contributed by atoms with Crippen LogP contribution in [0.2, 0.25) is 0 Å². The Morgan fingerprint density at radius 2 is 1.81 bits per heavy atom. The van der Waals surface area contributed by atoms with Crippen LogP contribution in [0.4, 0.5) is 5.88 Å². The second kappa shape index (κ2) is 7.22. The zero-order valence-electron chi connectivity index (χ0n) is 14.7. The summed E-state index contributed by atoms with van der Waals surface area (Å²) in [5, 5.41) is 0.560. The third-order valence-corrected chi connectivity index (χ3v) is 4.54. The molecule has 1 aliphatic heterocycles. The number of nitrogens with zero attached hydrogens (tertiary/aromatic N) is 1. The Morgan fingerprint density at radius 1 is 1.04 bits per heavy atom. The highest BCUT2D eigenvalue weighted by Crippen LogP contribution is 2.24. The van der Waals surface area contributed by atoms with Crippen molar-refractivity contribution >= 4 is 16.9 Å². The SMILES string of the molecule is Cc1ccc(COc2ccc3c(=O)cc(N4CCOCC4)oc3c2)cc1. The minimum absolute atomic E-state index is 0.0437. The van der Waals surface area contributed by atoms with E-state index in [1.807, 2.05) is 23.1 Å². The lowest BCUT2D eigenvalue weighted by atomic mass is 10.2. The molecule has 0 N–H and O–H groups in total. The van der Waals surface area contributed by atoms with Crippen LogP contribution in [-0.4, -0.2) is 26.3 Å². The van der Waals surface area contributed by atoms with Gasteiger partial charge < -0.3 is 18.8 Å². The van der Waals surface area contributed by atoms with E-state index in [-0.39, 0.29) is 5.43 Å². The minimum atomic E-state index is -0.0437. The minimum Gasteiger partial charge on any atom is -0.489 e. The summed E-state index contributed by atoms with van der Waals surface area (Å²) in [5.74, 6) is 1.27. The van der Waals surface area contributed by atoms with E-state index in [9.17, 15) is 4.79 Å². The van der Waals surface area contributed by atoms with Crippen LogP contribution < -0.4 is 15.1 Å². The summed E-state index contributed by atoms with van der Waals surface area (Å²) >= 11 is 0. The molecule has 2 heterocycles. The Kier molecular flexibility index (Phi) is 4.63. The summed E-state index contributed by atoms with van der Waals surface area (Å²) < 4.78 is 17.2.